The number of rotatable bonds is 6. The minimum absolute atomic E-state index is 0.0958. The van der Waals surface area contributed by atoms with Gasteiger partial charge < -0.3 is 25.3 Å². The monoisotopic (exact) mass is 293 g/mol. The number of ether oxygens (including phenoxy) is 2. The molecule has 2 rings (SSSR count). The van der Waals surface area contributed by atoms with Crippen molar-refractivity contribution in [1.82, 2.24) is 0 Å². The first-order valence-electron chi connectivity index (χ1n) is 7.22. The average Bonchev–Trinajstić information content (AvgIpc) is 3.04. The zero-order valence-corrected chi connectivity index (χ0v) is 12.6. The van der Waals surface area contributed by atoms with E-state index in [0.717, 1.165) is 44.0 Å². The molecule has 1 heterocycles. The molecule has 6 nitrogen and oxygen atoms in total. The van der Waals surface area contributed by atoms with E-state index in [-0.39, 0.29) is 11.9 Å². The summed E-state index contributed by atoms with van der Waals surface area (Å²) in [6, 6.07) is 5.52. The average molecular weight is 293 g/mol. The maximum atomic E-state index is 8.97. The maximum Gasteiger partial charge on any atom is 0.172 e. The van der Waals surface area contributed by atoms with Crippen LogP contribution in [0.1, 0.15) is 25.3 Å². The molecule has 1 aliphatic heterocycles. The summed E-state index contributed by atoms with van der Waals surface area (Å²) in [4.78, 5) is 2.17. The predicted octanol–water partition coefficient (Wildman–Crippen LogP) is 1.79. The SMILES string of the molecule is CCN(CC1CCCO1)c1cc(OC)ccc1/C(N)=N/O. The molecule has 1 unspecified atom stereocenters. The highest BCUT2D eigenvalue weighted by Crippen LogP contribution is 2.27. The number of benzene rings is 1. The van der Waals surface area contributed by atoms with E-state index in [0.29, 0.717) is 5.56 Å². The highest BCUT2D eigenvalue weighted by Gasteiger charge is 2.21. The lowest BCUT2D eigenvalue weighted by atomic mass is 10.1. The van der Waals surface area contributed by atoms with Gasteiger partial charge in [-0.25, -0.2) is 0 Å². The van der Waals surface area contributed by atoms with Gasteiger partial charge in [-0.1, -0.05) is 5.16 Å². The van der Waals surface area contributed by atoms with Crippen LogP contribution in [-0.4, -0.2) is 44.0 Å². The Labute approximate surface area is 125 Å². The van der Waals surface area contributed by atoms with E-state index < -0.39 is 0 Å². The summed E-state index contributed by atoms with van der Waals surface area (Å²) in [5.74, 6) is 0.837. The second kappa shape index (κ2) is 7.17. The third-order valence-corrected chi connectivity index (χ3v) is 3.76. The molecule has 1 aromatic carbocycles. The molecule has 0 aromatic heterocycles. The van der Waals surface area contributed by atoms with E-state index >= 15 is 0 Å². The van der Waals surface area contributed by atoms with Gasteiger partial charge in [0.2, 0.25) is 0 Å². The molecule has 21 heavy (non-hydrogen) atoms. The Bertz CT molecular complexity index is 499. The first-order chi connectivity index (χ1) is 10.2. The fourth-order valence-electron chi connectivity index (χ4n) is 2.60. The molecular weight excluding hydrogens is 270 g/mol. The van der Waals surface area contributed by atoms with Gasteiger partial charge in [0, 0.05) is 31.3 Å². The molecule has 0 spiro atoms. The van der Waals surface area contributed by atoms with E-state index in [1.165, 1.54) is 0 Å². The molecule has 1 atom stereocenters. The van der Waals surface area contributed by atoms with Gasteiger partial charge in [-0.05, 0) is 31.9 Å². The number of hydrogen-bond acceptors (Lipinski definition) is 5. The number of oxime groups is 1. The second-order valence-electron chi connectivity index (χ2n) is 5.04. The van der Waals surface area contributed by atoms with Crippen molar-refractivity contribution in [2.75, 3.05) is 31.7 Å². The van der Waals surface area contributed by atoms with Crippen LogP contribution < -0.4 is 15.4 Å². The Hall–Kier alpha value is -1.95. The summed E-state index contributed by atoms with van der Waals surface area (Å²) in [5, 5.41) is 12.1. The smallest absolute Gasteiger partial charge is 0.172 e. The fraction of sp³-hybridized carbons (Fsp3) is 0.533. The van der Waals surface area contributed by atoms with Crippen LogP contribution in [0.25, 0.3) is 0 Å². The summed E-state index contributed by atoms with van der Waals surface area (Å²) < 4.78 is 11.0. The van der Waals surface area contributed by atoms with Crippen LogP contribution >= 0.6 is 0 Å². The maximum absolute atomic E-state index is 8.97. The number of methoxy groups -OCH3 is 1. The molecule has 0 amide bonds. The van der Waals surface area contributed by atoms with Crippen LogP contribution in [-0.2, 0) is 4.74 Å². The molecule has 1 aliphatic rings. The minimum atomic E-state index is 0.0958. The van der Waals surface area contributed by atoms with Crippen molar-refractivity contribution in [3.05, 3.63) is 23.8 Å². The minimum Gasteiger partial charge on any atom is -0.497 e. The number of nitrogens with two attached hydrogens (primary N) is 1. The largest absolute Gasteiger partial charge is 0.497 e. The van der Waals surface area contributed by atoms with Crippen LogP contribution in [0.5, 0.6) is 5.75 Å². The van der Waals surface area contributed by atoms with Crippen molar-refractivity contribution < 1.29 is 14.7 Å². The van der Waals surface area contributed by atoms with E-state index in [1.54, 1.807) is 19.2 Å². The van der Waals surface area contributed by atoms with Gasteiger partial charge in [0.15, 0.2) is 5.84 Å². The lowest BCUT2D eigenvalue weighted by Gasteiger charge is -2.28. The molecule has 3 N–H and O–H groups in total. The zero-order valence-electron chi connectivity index (χ0n) is 12.6. The lowest BCUT2D eigenvalue weighted by molar-refractivity contribution is 0.115. The Morgan fingerprint density at radius 1 is 1.57 bits per heavy atom. The zero-order chi connectivity index (χ0) is 15.2. The Morgan fingerprint density at radius 3 is 2.95 bits per heavy atom. The van der Waals surface area contributed by atoms with Gasteiger partial charge in [-0.3, -0.25) is 0 Å². The first kappa shape index (κ1) is 15.4. The molecule has 0 radical (unpaired) electrons. The molecule has 1 saturated heterocycles. The number of hydrogen-bond donors (Lipinski definition) is 2. The fourth-order valence-corrected chi connectivity index (χ4v) is 2.60. The van der Waals surface area contributed by atoms with Crippen molar-refractivity contribution >= 4 is 11.5 Å². The van der Waals surface area contributed by atoms with Gasteiger partial charge in [-0.15, -0.1) is 0 Å². The first-order valence-corrected chi connectivity index (χ1v) is 7.22. The summed E-state index contributed by atoms with van der Waals surface area (Å²) in [7, 11) is 1.62. The second-order valence-corrected chi connectivity index (χ2v) is 5.04. The Balaban J connectivity index is 2.32. The van der Waals surface area contributed by atoms with E-state index in [4.69, 9.17) is 20.4 Å². The van der Waals surface area contributed by atoms with Gasteiger partial charge >= 0.3 is 0 Å². The molecule has 0 saturated carbocycles. The summed E-state index contributed by atoms with van der Waals surface area (Å²) >= 11 is 0. The van der Waals surface area contributed by atoms with Crippen molar-refractivity contribution in [3.8, 4) is 5.75 Å². The lowest BCUT2D eigenvalue weighted by Crippen LogP contribution is -2.33. The molecule has 1 aromatic rings. The van der Waals surface area contributed by atoms with Crippen LogP contribution in [0.2, 0.25) is 0 Å². The van der Waals surface area contributed by atoms with Gasteiger partial charge in [0.1, 0.15) is 5.75 Å². The van der Waals surface area contributed by atoms with E-state index in [1.807, 2.05) is 6.07 Å². The summed E-state index contributed by atoms with van der Waals surface area (Å²) in [6.45, 7) is 4.49. The molecule has 0 bridgehead atoms. The highest BCUT2D eigenvalue weighted by molar-refractivity contribution is 6.02. The van der Waals surface area contributed by atoms with Crippen LogP contribution in [0.15, 0.2) is 23.4 Å². The standard InChI is InChI=1S/C15H23N3O3/c1-3-18(10-12-5-4-8-21-12)14-9-11(20-2)6-7-13(14)15(16)17-19/h6-7,9,12,19H,3-5,8,10H2,1-2H3,(H2,16,17). The van der Waals surface area contributed by atoms with Crippen LogP contribution in [0, 0.1) is 0 Å². The Morgan fingerprint density at radius 2 is 2.38 bits per heavy atom. The van der Waals surface area contributed by atoms with Gasteiger partial charge in [0.25, 0.3) is 0 Å². The predicted molar refractivity (Wildman–Crippen MR) is 82.4 cm³/mol. The summed E-state index contributed by atoms with van der Waals surface area (Å²) in [5.41, 5.74) is 7.37. The third-order valence-electron chi connectivity index (χ3n) is 3.76. The van der Waals surface area contributed by atoms with Gasteiger partial charge in [-0.2, -0.15) is 0 Å². The van der Waals surface area contributed by atoms with Crippen molar-refractivity contribution in [1.29, 1.82) is 0 Å². The molecular formula is C15H23N3O3. The topological polar surface area (TPSA) is 80.3 Å². The molecule has 1 fully saturated rings. The van der Waals surface area contributed by atoms with E-state index in [9.17, 15) is 0 Å². The molecule has 6 heteroatoms. The number of nitrogens with zero attached hydrogens (tertiary/aromatic N) is 2. The highest BCUT2D eigenvalue weighted by atomic mass is 16.5. The number of likely N-dealkylation sites (N-methyl/N-ethyl adjacent to an activating group) is 1. The Kier molecular flexibility index (Phi) is 5.27. The van der Waals surface area contributed by atoms with E-state index in [2.05, 4.69) is 17.0 Å². The van der Waals surface area contributed by atoms with Crippen molar-refractivity contribution in [3.63, 3.8) is 0 Å². The quantitative estimate of drug-likeness (QED) is 0.362. The van der Waals surface area contributed by atoms with Crippen LogP contribution in [0.3, 0.4) is 0 Å². The molecule has 0 aliphatic carbocycles. The normalized spacial score (nSPS) is 18.8. The van der Waals surface area contributed by atoms with Crippen LogP contribution in [0.4, 0.5) is 5.69 Å². The van der Waals surface area contributed by atoms with Gasteiger partial charge in [0.05, 0.1) is 18.9 Å². The third kappa shape index (κ3) is 3.58. The molecule has 116 valence electrons. The van der Waals surface area contributed by atoms with Crippen molar-refractivity contribution in [2.45, 2.75) is 25.9 Å². The van der Waals surface area contributed by atoms with Crippen molar-refractivity contribution in [2.24, 2.45) is 10.9 Å². The number of anilines is 1. The number of amidine groups is 1. The summed E-state index contributed by atoms with van der Waals surface area (Å²) in [6.07, 6.45) is 2.41.